The van der Waals surface area contributed by atoms with E-state index >= 15 is 0 Å². The molecule has 16 heavy (non-hydrogen) atoms. The number of hydrogen-bond donors (Lipinski definition) is 0. The van der Waals surface area contributed by atoms with Crippen LogP contribution in [0, 0.1) is 11.3 Å². The van der Waals surface area contributed by atoms with Crippen LogP contribution >= 0.6 is 0 Å². The molecule has 0 fully saturated rings. The van der Waals surface area contributed by atoms with Crippen LogP contribution in [-0.2, 0) is 6.42 Å². The Morgan fingerprint density at radius 1 is 1.44 bits per heavy atom. The van der Waals surface area contributed by atoms with E-state index in [2.05, 4.69) is 18.0 Å². The average molecular weight is 213 g/mol. The molecule has 0 spiro atoms. The van der Waals surface area contributed by atoms with E-state index in [0.29, 0.717) is 0 Å². The van der Waals surface area contributed by atoms with Crippen molar-refractivity contribution >= 4 is 11.0 Å². The highest BCUT2D eigenvalue weighted by Crippen LogP contribution is 2.21. The molecular weight excluding hydrogens is 198 g/mol. The van der Waals surface area contributed by atoms with Gasteiger partial charge in [0.05, 0.1) is 17.1 Å². The number of hydrogen-bond acceptors (Lipinski definition) is 2. The Balaban J connectivity index is 2.65. The van der Waals surface area contributed by atoms with E-state index in [1.165, 1.54) is 0 Å². The molecule has 0 radical (unpaired) electrons. The molecule has 0 aliphatic rings. The second-order valence-corrected chi connectivity index (χ2v) is 3.94. The minimum absolute atomic E-state index is 0.158. The quantitative estimate of drug-likeness (QED) is 0.786. The number of aryl methyl sites for hydroxylation is 1. The molecular formula is C13H15N3. The Morgan fingerprint density at radius 2 is 2.19 bits per heavy atom. The summed E-state index contributed by atoms with van der Waals surface area (Å²) in [7, 11) is 0. The summed E-state index contributed by atoms with van der Waals surface area (Å²) < 4.78 is 2.04. The van der Waals surface area contributed by atoms with Crippen LogP contribution in [0.3, 0.4) is 0 Å². The summed E-state index contributed by atoms with van der Waals surface area (Å²) in [6.45, 7) is 4.04. The SMILES string of the molecule is CCCc1nc2ccccc2n1C(C)C#N. The topological polar surface area (TPSA) is 41.6 Å². The lowest BCUT2D eigenvalue weighted by atomic mass is 10.2. The van der Waals surface area contributed by atoms with Crippen molar-refractivity contribution in [3.8, 4) is 6.07 Å². The molecule has 1 atom stereocenters. The van der Waals surface area contributed by atoms with Gasteiger partial charge in [-0.2, -0.15) is 5.26 Å². The predicted octanol–water partition coefficient (Wildman–Crippen LogP) is 3.07. The number of nitrogens with zero attached hydrogens (tertiary/aromatic N) is 3. The van der Waals surface area contributed by atoms with E-state index in [9.17, 15) is 0 Å². The van der Waals surface area contributed by atoms with Crippen LogP contribution < -0.4 is 0 Å². The van der Waals surface area contributed by atoms with Crippen molar-refractivity contribution in [2.45, 2.75) is 32.7 Å². The van der Waals surface area contributed by atoms with Crippen LogP contribution in [-0.4, -0.2) is 9.55 Å². The molecule has 0 amide bonds. The molecule has 1 heterocycles. The van der Waals surface area contributed by atoms with Crippen LogP contribution in [0.4, 0.5) is 0 Å². The minimum atomic E-state index is -0.158. The number of nitriles is 1. The van der Waals surface area contributed by atoms with Gasteiger partial charge in [0.25, 0.3) is 0 Å². The molecule has 3 nitrogen and oxygen atoms in total. The molecule has 1 aromatic heterocycles. The summed E-state index contributed by atoms with van der Waals surface area (Å²) in [6, 6.07) is 10.1. The zero-order valence-corrected chi connectivity index (χ0v) is 9.64. The Hall–Kier alpha value is -1.82. The minimum Gasteiger partial charge on any atom is -0.311 e. The number of benzene rings is 1. The van der Waals surface area contributed by atoms with Gasteiger partial charge < -0.3 is 4.57 Å². The van der Waals surface area contributed by atoms with Crippen molar-refractivity contribution in [2.24, 2.45) is 0 Å². The third kappa shape index (κ3) is 1.67. The van der Waals surface area contributed by atoms with Crippen molar-refractivity contribution < 1.29 is 0 Å². The van der Waals surface area contributed by atoms with Crippen molar-refractivity contribution in [1.82, 2.24) is 9.55 Å². The first-order valence-electron chi connectivity index (χ1n) is 5.63. The molecule has 0 aliphatic heterocycles. The maximum absolute atomic E-state index is 9.06. The number of imidazole rings is 1. The smallest absolute Gasteiger partial charge is 0.120 e. The lowest BCUT2D eigenvalue weighted by molar-refractivity contribution is 0.639. The normalized spacial score (nSPS) is 12.6. The second-order valence-electron chi connectivity index (χ2n) is 3.94. The highest BCUT2D eigenvalue weighted by molar-refractivity contribution is 5.76. The molecule has 2 aromatic rings. The van der Waals surface area contributed by atoms with E-state index < -0.39 is 0 Å². The molecule has 0 saturated carbocycles. The van der Waals surface area contributed by atoms with Crippen molar-refractivity contribution in [3.05, 3.63) is 30.1 Å². The zero-order valence-electron chi connectivity index (χ0n) is 9.64. The summed E-state index contributed by atoms with van der Waals surface area (Å²) >= 11 is 0. The molecule has 82 valence electrons. The summed E-state index contributed by atoms with van der Waals surface area (Å²) in [6.07, 6.45) is 1.96. The van der Waals surface area contributed by atoms with Crippen LogP contribution in [0.15, 0.2) is 24.3 Å². The fourth-order valence-electron chi connectivity index (χ4n) is 1.98. The average Bonchev–Trinajstić information content (AvgIpc) is 2.66. The van der Waals surface area contributed by atoms with Crippen molar-refractivity contribution in [1.29, 1.82) is 5.26 Å². The summed E-state index contributed by atoms with van der Waals surface area (Å²) in [4.78, 5) is 4.58. The van der Waals surface area contributed by atoms with Gasteiger partial charge in [0.2, 0.25) is 0 Å². The van der Waals surface area contributed by atoms with Gasteiger partial charge >= 0.3 is 0 Å². The molecule has 3 heteroatoms. The number of fused-ring (bicyclic) bond motifs is 1. The number of aromatic nitrogens is 2. The Kier molecular flexibility index (Phi) is 2.91. The van der Waals surface area contributed by atoms with Gasteiger partial charge in [-0.15, -0.1) is 0 Å². The van der Waals surface area contributed by atoms with E-state index in [1.807, 2.05) is 35.8 Å². The summed E-state index contributed by atoms with van der Waals surface area (Å²) in [5, 5.41) is 9.06. The Labute approximate surface area is 95.3 Å². The van der Waals surface area contributed by atoms with Gasteiger partial charge in [0, 0.05) is 6.42 Å². The highest BCUT2D eigenvalue weighted by Gasteiger charge is 2.13. The third-order valence-electron chi connectivity index (χ3n) is 2.72. The monoisotopic (exact) mass is 213 g/mol. The van der Waals surface area contributed by atoms with E-state index in [0.717, 1.165) is 29.7 Å². The van der Waals surface area contributed by atoms with E-state index in [-0.39, 0.29) is 6.04 Å². The molecule has 0 saturated heterocycles. The summed E-state index contributed by atoms with van der Waals surface area (Å²) in [5.41, 5.74) is 2.04. The van der Waals surface area contributed by atoms with Gasteiger partial charge in [0.1, 0.15) is 11.9 Å². The number of rotatable bonds is 3. The first-order chi connectivity index (χ1) is 7.77. The maximum Gasteiger partial charge on any atom is 0.120 e. The fraction of sp³-hybridized carbons (Fsp3) is 0.385. The molecule has 1 aromatic carbocycles. The molecule has 0 bridgehead atoms. The molecule has 2 rings (SSSR count). The predicted molar refractivity (Wildman–Crippen MR) is 64.1 cm³/mol. The van der Waals surface area contributed by atoms with E-state index in [1.54, 1.807) is 0 Å². The number of para-hydroxylation sites is 2. The first kappa shape index (κ1) is 10.7. The molecule has 0 aliphatic carbocycles. The van der Waals surface area contributed by atoms with Gasteiger partial charge in [-0.1, -0.05) is 19.1 Å². The van der Waals surface area contributed by atoms with Crippen LogP contribution in [0.25, 0.3) is 11.0 Å². The fourth-order valence-corrected chi connectivity index (χ4v) is 1.98. The van der Waals surface area contributed by atoms with Crippen LogP contribution in [0.1, 0.15) is 32.1 Å². The van der Waals surface area contributed by atoms with Crippen molar-refractivity contribution in [3.63, 3.8) is 0 Å². The molecule has 1 unspecified atom stereocenters. The van der Waals surface area contributed by atoms with Gasteiger partial charge in [-0.25, -0.2) is 4.98 Å². The van der Waals surface area contributed by atoms with Crippen LogP contribution in [0.5, 0.6) is 0 Å². The largest absolute Gasteiger partial charge is 0.311 e. The van der Waals surface area contributed by atoms with Gasteiger partial charge in [-0.05, 0) is 25.5 Å². The summed E-state index contributed by atoms with van der Waals surface area (Å²) in [5.74, 6) is 1.01. The van der Waals surface area contributed by atoms with Crippen molar-refractivity contribution in [2.75, 3.05) is 0 Å². The lowest BCUT2D eigenvalue weighted by Gasteiger charge is -2.10. The maximum atomic E-state index is 9.06. The van der Waals surface area contributed by atoms with E-state index in [4.69, 9.17) is 5.26 Å². The Bertz CT molecular complexity index is 534. The zero-order chi connectivity index (χ0) is 11.5. The highest BCUT2D eigenvalue weighted by atomic mass is 15.1. The standard InChI is InChI=1S/C13H15N3/c1-3-6-13-15-11-7-4-5-8-12(11)16(13)10(2)9-14/h4-5,7-8,10H,3,6H2,1-2H3. The Morgan fingerprint density at radius 3 is 2.88 bits per heavy atom. The second kappa shape index (κ2) is 4.36. The molecule has 0 N–H and O–H groups in total. The third-order valence-corrected chi connectivity index (χ3v) is 2.72. The lowest BCUT2D eigenvalue weighted by Crippen LogP contribution is -2.07. The first-order valence-corrected chi connectivity index (χ1v) is 5.63. The van der Waals surface area contributed by atoms with Gasteiger partial charge in [-0.3, -0.25) is 0 Å². The van der Waals surface area contributed by atoms with Crippen LogP contribution in [0.2, 0.25) is 0 Å². The van der Waals surface area contributed by atoms with Gasteiger partial charge in [0.15, 0.2) is 0 Å².